The highest BCUT2D eigenvalue weighted by molar-refractivity contribution is 6.31. The number of carbonyl (C=O) groups excluding carboxylic acids is 2. The lowest BCUT2D eigenvalue weighted by molar-refractivity contribution is -0.123. The highest BCUT2D eigenvalue weighted by Gasteiger charge is 2.63. The summed E-state index contributed by atoms with van der Waals surface area (Å²) in [4.78, 5) is 29.6. The Bertz CT molecular complexity index is 1040. The van der Waals surface area contributed by atoms with Crippen molar-refractivity contribution < 1.29 is 9.59 Å². The lowest BCUT2D eigenvalue weighted by Gasteiger charge is -2.33. The minimum absolute atomic E-state index is 0.259. The third-order valence-electron chi connectivity index (χ3n) is 5.68. The molecule has 2 saturated heterocycles. The molecule has 0 N–H and O–H groups in total. The number of hydrogen-bond acceptors (Lipinski definition) is 4. The molecule has 3 aliphatic heterocycles. The van der Waals surface area contributed by atoms with E-state index in [1.807, 2.05) is 41.4 Å². The molecule has 0 radical (unpaired) electrons. The molecule has 2 fully saturated rings. The summed E-state index contributed by atoms with van der Waals surface area (Å²) in [7, 11) is 0. The molecule has 0 aromatic heterocycles. The monoisotopic (exact) mass is 375 g/mol. The Morgan fingerprint density at radius 2 is 1.67 bits per heavy atom. The van der Waals surface area contributed by atoms with Gasteiger partial charge in [-0.05, 0) is 41.5 Å². The molecule has 5 rings (SSSR count). The molecule has 2 aromatic carbocycles. The summed E-state index contributed by atoms with van der Waals surface area (Å²) in [5, 5.41) is 10.3. The van der Waals surface area contributed by atoms with Crippen molar-refractivity contribution >= 4 is 35.2 Å². The molecule has 2 amide bonds. The maximum atomic E-state index is 13.3. The van der Waals surface area contributed by atoms with Gasteiger partial charge in [-0.3, -0.25) is 9.59 Å². The van der Waals surface area contributed by atoms with Crippen LogP contribution in [0.5, 0.6) is 0 Å². The Labute approximate surface area is 161 Å². The number of hydrogen-bond donors (Lipinski definition) is 0. The summed E-state index contributed by atoms with van der Waals surface area (Å²) in [5.74, 6) is -1.84. The van der Waals surface area contributed by atoms with E-state index in [2.05, 4.69) is 6.07 Å². The van der Waals surface area contributed by atoms with Crippen molar-refractivity contribution in [3.63, 3.8) is 0 Å². The van der Waals surface area contributed by atoms with E-state index in [0.29, 0.717) is 10.7 Å². The quantitative estimate of drug-likeness (QED) is 0.717. The van der Waals surface area contributed by atoms with E-state index in [4.69, 9.17) is 11.6 Å². The maximum absolute atomic E-state index is 13.3. The fourth-order valence-corrected chi connectivity index (χ4v) is 4.68. The van der Waals surface area contributed by atoms with Crippen LogP contribution in [0.15, 0.2) is 54.7 Å². The zero-order valence-corrected chi connectivity index (χ0v) is 14.9. The Morgan fingerprint density at radius 1 is 0.963 bits per heavy atom. The third kappa shape index (κ3) is 2.11. The molecule has 2 aromatic rings. The van der Waals surface area contributed by atoms with Gasteiger partial charge in [-0.25, -0.2) is 4.90 Å². The van der Waals surface area contributed by atoms with E-state index in [9.17, 15) is 14.9 Å². The standard InChI is InChI=1S/C21H14ClN3O2/c22-13-5-7-14(8-6-13)25-20(26)17-16(11-23)24-10-9-12-3-1-2-4-15(12)19(24)18(17)21(25)27/h1-10,16-19H/t16-,17+,18+,19-/m1/s1. The van der Waals surface area contributed by atoms with Crippen LogP contribution in [0, 0.1) is 23.2 Å². The van der Waals surface area contributed by atoms with E-state index >= 15 is 0 Å². The van der Waals surface area contributed by atoms with E-state index in [0.717, 1.165) is 11.1 Å². The number of imide groups is 1. The minimum Gasteiger partial charge on any atom is -0.353 e. The second-order valence-electron chi connectivity index (χ2n) is 6.95. The van der Waals surface area contributed by atoms with Gasteiger partial charge in [0.15, 0.2) is 0 Å². The van der Waals surface area contributed by atoms with Crippen LogP contribution in [-0.2, 0) is 9.59 Å². The summed E-state index contributed by atoms with van der Waals surface area (Å²) in [6, 6.07) is 15.7. The van der Waals surface area contributed by atoms with Gasteiger partial charge in [0.25, 0.3) is 0 Å². The van der Waals surface area contributed by atoms with Gasteiger partial charge in [0.2, 0.25) is 11.8 Å². The fourth-order valence-electron chi connectivity index (χ4n) is 4.55. The zero-order chi connectivity index (χ0) is 18.7. The number of nitrogens with zero attached hydrogens (tertiary/aromatic N) is 3. The van der Waals surface area contributed by atoms with Crippen LogP contribution in [-0.4, -0.2) is 22.8 Å². The molecule has 5 nitrogen and oxygen atoms in total. The Hall–Kier alpha value is -3.10. The van der Waals surface area contributed by atoms with Crippen LogP contribution >= 0.6 is 11.6 Å². The molecule has 3 heterocycles. The van der Waals surface area contributed by atoms with Gasteiger partial charge in [-0.15, -0.1) is 0 Å². The number of fused-ring (bicyclic) bond motifs is 5. The number of nitriles is 1. The number of benzene rings is 2. The van der Waals surface area contributed by atoms with E-state index < -0.39 is 17.9 Å². The second kappa shape index (κ2) is 5.70. The average Bonchev–Trinajstić information content (AvgIpc) is 3.15. The number of anilines is 1. The molecule has 0 unspecified atom stereocenters. The Balaban J connectivity index is 1.63. The molecule has 0 saturated carbocycles. The van der Waals surface area contributed by atoms with Crippen molar-refractivity contribution in [3.05, 3.63) is 70.9 Å². The summed E-state index contributed by atoms with van der Waals surface area (Å²) >= 11 is 5.93. The molecule has 6 heteroatoms. The summed E-state index contributed by atoms with van der Waals surface area (Å²) in [6.45, 7) is 0. The molecule has 132 valence electrons. The lowest BCUT2D eigenvalue weighted by atomic mass is 9.85. The van der Waals surface area contributed by atoms with Crippen LogP contribution < -0.4 is 4.90 Å². The van der Waals surface area contributed by atoms with Gasteiger partial charge in [0, 0.05) is 11.2 Å². The topological polar surface area (TPSA) is 64.4 Å². The van der Waals surface area contributed by atoms with Crippen LogP contribution in [0.25, 0.3) is 6.08 Å². The summed E-state index contributed by atoms with van der Waals surface area (Å²) in [6.07, 6.45) is 3.77. The molecule has 0 bridgehead atoms. The first kappa shape index (κ1) is 16.1. The normalized spacial score (nSPS) is 28.0. The number of carbonyl (C=O) groups is 2. The molecular weight excluding hydrogens is 362 g/mol. The van der Waals surface area contributed by atoms with E-state index in [-0.39, 0.29) is 17.9 Å². The summed E-state index contributed by atoms with van der Waals surface area (Å²) in [5.41, 5.74) is 2.49. The van der Waals surface area contributed by atoms with Crippen molar-refractivity contribution in [1.29, 1.82) is 5.26 Å². The SMILES string of the molecule is N#C[C@@H]1[C@@H]2C(=O)N(c3ccc(Cl)cc3)C(=O)[C@@H]2[C@H]2c3ccccc3C=CN12. The van der Waals surface area contributed by atoms with Crippen molar-refractivity contribution in [2.45, 2.75) is 12.1 Å². The van der Waals surface area contributed by atoms with Gasteiger partial charge in [-0.1, -0.05) is 35.9 Å². The number of halogens is 1. The van der Waals surface area contributed by atoms with Crippen LogP contribution in [0.1, 0.15) is 17.2 Å². The first-order chi connectivity index (χ1) is 13.1. The van der Waals surface area contributed by atoms with Crippen molar-refractivity contribution in [2.24, 2.45) is 11.8 Å². The Morgan fingerprint density at radius 3 is 2.41 bits per heavy atom. The predicted octanol–water partition coefficient (Wildman–Crippen LogP) is 3.38. The first-order valence-electron chi connectivity index (χ1n) is 8.69. The van der Waals surface area contributed by atoms with Crippen LogP contribution in [0.3, 0.4) is 0 Å². The lowest BCUT2D eigenvalue weighted by Crippen LogP contribution is -2.40. The molecule has 0 spiro atoms. The molecule has 27 heavy (non-hydrogen) atoms. The van der Waals surface area contributed by atoms with Gasteiger partial charge < -0.3 is 4.90 Å². The maximum Gasteiger partial charge on any atom is 0.240 e. The van der Waals surface area contributed by atoms with Crippen molar-refractivity contribution in [2.75, 3.05) is 4.90 Å². The fraction of sp³-hybridized carbons (Fsp3) is 0.190. The molecule has 0 aliphatic carbocycles. The average molecular weight is 376 g/mol. The second-order valence-corrected chi connectivity index (χ2v) is 7.39. The van der Waals surface area contributed by atoms with Gasteiger partial charge >= 0.3 is 0 Å². The third-order valence-corrected chi connectivity index (χ3v) is 5.93. The smallest absolute Gasteiger partial charge is 0.240 e. The molecule has 4 atom stereocenters. The number of amides is 2. The van der Waals surface area contributed by atoms with Crippen molar-refractivity contribution in [1.82, 2.24) is 4.90 Å². The van der Waals surface area contributed by atoms with E-state index in [1.54, 1.807) is 24.3 Å². The molecular formula is C21H14ClN3O2. The summed E-state index contributed by atoms with van der Waals surface area (Å²) < 4.78 is 0. The predicted molar refractivity (Wildman–Crippen MR) is 100 cm³/mol. The van der Waals surface area contributed by atoms with Crippen molar-refractivity contribution in [3.8, 4) is 6.07 Å². The minimum atomic E-state index is -0.681. The van der Waals surface area contributed by atoms with Gasteiger partial charge in [0.05, 0.1) is 29.6 Å². The highest BCUT2D eigenvalue weighted by atomic mass is 35.5. The molecule has 3 aliphatic rings. The largest absolute Gasteiger partial charge is 0.353 e. The Kier molecular flexibility index (Phi) is 3.40. The van der Waals surface area contributed by atoms with Crippen LogP contribution in [0.4, 0.5) is 5.69 Å². The first-order valence-corrected chi connectivity index (χ1v) is 9.07. The zero-order valence-electron chi connectivity index (χ0n) is 14.1. The van der Waals surface area contributed by atoms with Gasteiger partial charge in [-0.2, -0.15) is 5.26 Å². The van der Waals surface area contributed by atoms with Crippen LogP contribution in [0.2, 0.25) is 5.02 Å². The van der Waals surface area contributed by atoms with Gasteiger partial charge in [0.1, 0.15) is 6.04 Å². The van der Waals surface area contributed by atoms with E-state index in [1.165, 1.54) is 4.90 Å². The number of rotatable bonds is 1. The highest BCUT2D eigenvalue weighted by Crippen LogP contribution is 2.52.